The maximum Gasteiger partial charge on any atom is 0.0462 e. The number of hydrogen-bond acceptors (Lipinski definition) is 1. The Balaban J connectivity index is 2.01. The van der Waals surface area contributed by atoms with Crippen molar-refractivity contribution in [3.05, 3.63) is 0 Å². The van der Waals surface area contributed by atoms with E-state index in [4.69, 9.17) is 5.11 Å². The molecule has 0 radical (unpaired) electrons. The maximum atomic E-state index is 9.01. The molecular formula is C9H16O. The van der Waals surface area contributed by atoms with Gasteiger partial charge in [-0.2, -0.15) is 0 Å². The van der Waals surface area contributed by atoms with Crippen LogP contribution in [0.4, 0.5) is 0 Å². The zero-order valence-electron chi connectivity index (χ0n) is 6.42. The zero-order valence-corrected chi connectivity index (χ0v) is 6.42. The summed E-state index contributed by atoms with van der Waals surface area (Å²) in [6.07, 6.45) is 6.99. The minimum absolute atomic E-state index is 0.446. The van der Waals surface area contributed by atoms with Gasteiger partial charge < -0.3 is 5.11 Å². The third-order valence-corrected chi connectivity index (χ3v) is 3.36. The van der Waals surface area contributed by atoms with Crippen LogP contribution in [0.5, 0.6) is 0 Å². The second-order valence-corrected chi connectivity index (χ2v) is 3.97. The second-order valence-electron chi connectivity index (χ2n) is 3.97. The van der Waals surface area contributed by atoms with E-state index in [9.17, 15) is 0 Å². The van der Waals surface area contributed by atoms with E-state index >= 15 is 0 Å². The van der Waals surface area contributed by atoms with Gasteiger partial charge in [0.15, 0.2) is 0 Å². The van der Waals surface area contributed by atoms with Crippen molar-refractivity contribution >= 4 is 0 Å². The first-order chi connectivity index (χ1) is 4.90. The van der Waals surface area contributed by atoms with Gasteiger partial charge in [-0.1, -0.05) is 19.3 Å². The molecule has 1 N–H and O–H groups in total. The molecule has 2 saturated carbocycles. The first-order valence-electron chi connectivity index (χ1n) is 4.51. The summed E-state index contributed by atoms with van der Waals surface area (Å²) < 4.78 is 0. The molecule has 0 aliphatic heterocycles. The van der Waals surface area contributed by atoms with Gasteiger partial charge in [0.1, 0.15) is 0 Å². The van der Waals surface area contributed by atoms with Crippen LogP contribution in [0.1, 0.15) is 32.1 Å². The predicted molar refractivity (Wildman–Crippen MR) is 40.6 cm³/mol. The van der Waals surface area contributed by atoms with Crippen LogP contribution >= 0.6 is 0 Å². The minimum Gasteiger partial charge on any atom is -0.396 e. The van der Waals surface area contributed by atoms with Gasteiger partial charge in [-0.05, 0) is 30.6 Å². The molecule has 1 nitrogen and oxygen atoms in total. The lowest BCUT2D eigenvalue weighted by Gasteiger charge is -2.19. The highest BCUT2D eigenvalue weighted by Crippen LogP contribution is 2.45. The summed E-state index contributed by atoms with van der Waals surface area (Å²) in [4.78, 5) is 0. The molecule has 0 aromatic rings. The van der Waals surface area contributed by atoms with Crippen LogP contribution in [0.15, 0.2) is 0 Å². The fraction of sp³-hybridized carbons (Fsp3) is 1.00. The van der Waals surface area contributed by atoms with Crippen molar-refractivity contribution in [2.75, 3.05) is 6.61 Å². The molecule has 2 aliphatic carbocycles. The lowest BCUT2D eigenvalue weighted by atomic mass is 9.87. The lowest BCUT2D eigenvalue weighted by Crippen LogP contribution is -2.12. The predicted octanol–water partition coefficient (Wildman–Crippen LogP) is 1.80. The molecule has 0 amide bonds. The smallest absolute Gasteiger partial charge is 0.0462 e. The van der Waals surface area contributed by atoms with Crippen LogP contribution in [0.3, 0.4) is 0 Å². The van der Waals surface area contributed by atoms with Gasteiger partial charge in [0.2, 0.25) is 0 Å². The van der Waals surface area contributed by atoms with Gasteiger partial charge in [0, 0.05) is 6.61 Å². The van der Waals surface area contributed by atoms with E-state index in [1.54, 1.807) is 0 Å². The average molecular weight is 140 g/mol. The molecule has 2 fully saturated rings. The van der Waals surface area contributed by atoms with Crippen molar-refractivity contribution in [2.24, 2.45) is 17.8 Å². The van der Waals surface area contributed by atoms with Crippen LogP contribution < -0.4 is 0 Å². The Morgan fingerprint density at radius 2 is 2.10 bits per heavy atom. The van der Waals surface area contributed by atoms with Crippen molar-refractivity contribution in [2.45, 2.75) is 32.1 Å². The van der Waals surface area contributed by atoms with Gasteiger partial charge in [-0.15, -0.1) is 0 Å². The average Bonchev–Trinajstić information content (AvgIpc) is 2.26. The number of aliphatic hydroxyl groups is 1. The summed E-state index contributed by atoms with van der Waals surface area (Å²) in [5, 5.41) is 9.01. The molecule has 58 valence electrons. The number of rotatable bonds is 1. The van der Waals surface area contributed by atoms with Crippen LogP contribution in [-0.2, 0) is 0 Å². The topological polar surface area (TPSA) is 20.2 Å². The molecule has 2 aliphatic rings. The molecule has 0 saturated heterocycles. The van der Waals surface area contributed by atoms with Crippen molar-refractivity contribution < 1.29 is 5.11 Å². The van der Waals surface area contributed by atoms with E-state index in [0.29, 0.717) is 12.5 Å². The molecule has 3 atom stereocenters. The van der Waals surface area contributed by atoms with E-state index in [1.807, 2.05) is 0 Å². The highest BCUT2D eigenvalue weighted by Gasteiger charge is 2.35. The minimum atomic E-state index is 0.446. The normalized spacial score (nSPS) is 45.9. The van der Waals surface area contributed by atoms with Gasteiger partial charge in [0.25, 0.3) is 0 Å². The van der Waals surface area contributed by atoms with Gasteiger partial charge >= 0.3 is 0 Å². The monoisotopic (exact) mass is 140 g/mol. The van der Waals surface area contributed by atoms with E-state index in [1.165, 1.54) is 32.1 Å². The first kappa shape index (κ1) is 6.66. The Bertz CT molecular complexity index is 122. The SMILES string of the molecule is OCC1CC2CCCC1C2. The Morgan fingerprint density at radius 3 is 2.80 bits per heavy atom. The molecular weight excluding hydrogens is 124 g/mol. The number of fused-ring (bicyclic) bond motifs is 2. The van der Waals surface area contributed by atoms with E-state index < -0.39 is 0 Å². The largest absolute Gasteiger partial charge is 0.396 e. The third kappa shape index (κ3) is 0.968. The molecule has 1 heteroatoms. The zero-order chi connectivity index (χ0) is 6.97. The highest BCUT2D eigenvalue weighted by molar-refractivity contribution is 4.86. The fourth-order valence-electron chi connectivity index (χ4n) is 2.82. The van der Waals surface area contributed by atoms with Crippen molar-refractivity contribution in [1.29, 1.82) is 0 Å². The van der Waals surface area contributed by atoms with Crippen LogP contribution in [0.2, 0.25) is 0 Å². The molecule has 0 aromatic heterocycles. The summed E-state index contributed by atoms with van der Waals surface area (Å²) in [6, 6.07) is 0. The molecule has 10 heavy (non-hydrogen) atoms. The lowest BCUT2D eigenvalue weighted by molar-refractivity contribution is 0.190. The number of hydrogen-bond donors (Lipinski definition) is 1. The molecule has 0 spiro atoms. The van der Waals surface area contributed by atoms with Crippen LogP contribution in [0.25, 0.3) is 0 Å². The van der Waals surface area contributed by atoms with Crippen molar-refractivity contribution in [3.8, 4) is 0 Å². The van der Waals surface area contributed by atoms with E-state index in [2.05, 4.69) is 0 Å². The standard InChI is InChI=1S/C9H16O/c10-6-9-5-7-2-1-3-8(9)4-7/h7-10H,1-6H2. The Hall–Kier alpha value is -0.0400. The maximum absolute atomic E-state index is 9.01. The highest BCUT2D eigenvalue weighted by atomic mass is 16.3. The Kier molecular flexibility index (Phi) is 1.69. The number of aliphatic hydroxyl groups excluding tert-OH is 1. The van der Waals surface area contributed by atoms with Crippen molar-refractivity contribution in [3.63, 3.8) is 0 Å². The van der Waals surface area contributed by atoms with Gasteiger partial charge in [-0.3, -0.25) is 0 Å². The Labute approximate surface area is 62.4 Å². The molecule has 2 rings (SSSR count). The molecule has 3 unspecified atom stereocenters. The van der Waals surface area contributed by atoms with Gasteiger partial charge in [0.05, 0.1) is 0 Å². The summed E-state index contributed by atoms with van der Waals surface area (Å²) >= 11 is 0. The van der Waals surface area contributed by atoms with E-state index in [0.717, 1.165) is 11.8 Å². The van der Waals surface area contributed by atoms with E-state index in [-0.39, 0.29) is 0 Å². The quantitative estimate of drug-likeness (QED) is 0.589. The van der Waals surface area contributed by atoms with Gasteiger partial charge in [-0.25, -0.2) is 0 Å². The summed E-state index contributed by atoms with van der Waals surface area (Å²) in [5.41, 5.74) is 0. The molecule has 2 bridgehead atoms. The fourth-order valence-corrected chi connectivity index (χ4v) is 2.82. The molecule has 0 aromatic carbocycles. The van der Waals surface area contributed by atoms with Crippen LogP contribution in [0, 0.1) is 17.8 Å². The first-order valence-corrected chi connectivity index (χ1v) is 4.51. The molecule has 0 heterocycles. The van der Waals surface area contributed by atoms with Crippen molar-refractivity contribution in [1.82, 2.24) is 0 Å². The Morgan fingerprint density at radius 1 is 1.20 bits per heavy atom. The summed E-state index contributed by atoms with van der Waals surface area (Å²) in [6.45, 7) is 0.446. The second kappa shape index (κ2) is 2.54. The van der Waals surface area contributed by atoms with Crippen LogP contribution in [-0.4, -0.2) is 11.7 Å². The summed E-state index contributed by atoms with van der Waals surface area (Å²) in [7, 11) is 0. The third-order valence-electron chi connectivity index (χ3n) is 3.36. The summed E-state index contributed by atoms with van der Waals surface area (Å²) in [5.74, 6) is 2.55.